The predicted octanol–water partition coefficient (Wildman–Crippen LogP) is 2.35. The fourth-order valence-electron chi connectivity index (χ4n) is 3.02. The second kappa shape index (κ2) is 7.20. The van der Waals surface area contributed by atoms with Crippen LogP contribution in [0.25, 0.3) is 0 Å². The van der Waals surface area contributed by atoms with Gasteiger partial charge in [-0.15, -0.1) is 0 Å². The van der Waals surface area contributed by atoms with Crippen molar-refractivity contribution in [3.05, 3.63) is 29.6 Å². The van der Waals surface area contributed by atoms with Crippen molar-refractivity contribution >= 4 is 5.97 Å². The summed E-state index contributed by atoms with van der Waals surface area (Å²) in [6, 6.07) is 4.16. The monoisotopic (exact) mass is 306 g/mol. The molecular formula is C17H26N2O3. The van der Waals surface area contributed by atoms with Gasteiger partial charge in [0, 0.05) is 32.1 Å². The molecule has 122 valence electrons. The Bertz CT molecular complexity index is 501. The summed E-state index contributed by atoms with van der Waals surface area (Å²) < 4.78 is 5.31. The minimum Gasteiger partial charge on any atom is -0.479 e. The van der Waals surface area contributed by atoms with E-state index in [1.54, 1.807) is 0 Å². The number of carboxylic acid groups (broad SMARTS) is 1. The first kappa shape index (κ1) is 16.9. The van der Waals surface area contributed by atoms with Gasteiger partial charge < -0.3 is 9.84 Å². The van der Waals surface area contributed by atoms with Crippen LogP contribution in [-0.4, -0.2) is 46.8 Å². The Morgan fingerprint density at radius 3 is 2.82 bits per heavy atom. The van der Waals surface area contributed by atoms with E-state index < -0.39 is 11.6 Å². The van der Waals surface area contributed by atoms with E-state index in [1.165, 1.54) is 7.11 Å². The number of likely N-dealkylation sites (tertiary alicyclic amines) is 1. The van der Waals surface area contributed by atoms with Gasteiger partial charge in [-0.1, -0.05) is 19.9 Å². The van der Waals surface area contributed by atoms with Crippen LogP contribution in [0, 0.1) is 5.92 Å². The smallest absolute Gasteiger partial charge is 0.337 e. The van der Waals surface area contributed by atoms with Gasteiger partial charge in [-0.25, -0.2) is 4.79 Å². The van der Waals surface area contributed by atoms with E-state index in [4.69, 9.17) is 4.74 Å². The number of hydrogen-bond donors (Lipinski definition) is 1. The third kappa shape index (κ3) is 4.05. The Hall–Kier alpha value is -1.46. The number of piperidine rings is 1. The van der Waals surface area contributed by atoms with Crippen LogP contribution in [0.3, 0.4) is 0 Å². The van der Waals surface area contributed by atoms with E-state index in [0.29, 0.717) is 25.4 Å². The number of pyridine rings is 1. The van der Waals surface area contributed by atoms with Crippen LogP contribution >= 0.6 is 0 Å². The van der Waals surface area contributed by atoms with E-state index in [1.807, 2.05) is 6.20 Å². The van der Waals surface area contributed by atoms with Crippen LogP contribution in [0.5, 0.6) is 0 Å². The van der Waals surface area contributed by atoms with Gasteiger partial charge in [0.15, 0.2) is 5.60 Å². The highest BCUT2D eigenvalue weighted by molar-refractivity contribution is 5.78. The first-order valence-corrected chi connectivity index (χ1v) is 7.90. The molecule has 0 radical (unpaired) electrons. The molecule has 5 nitrogen and oxygen atoms in total. The molecule has 0 aromatic carbocycles. The second-order valence-electron chi connectivity index (χ2n) is 6.57. The van der Waals surface area contributed by atoms with Crippen LogP contribution < -0.4 is 0 Å². The third-order valence-electron chi connectivity index (χ3n) is 4.22. The Kier molecular flexibility index (Phi) is 5.53. The average Bonchev–Trinajstić information content (AvgIpc) is 2.48. The number of carboxylic acids is 1. The minimum atomic E-state index is -1.07. The highest BCUT2D eigenvalue weighted by Gasteiger charge is 2.42. The van der Waals surface area contributed by atoms with Crippen LogP contribution in [0.2, 0.25) is 0 Å². The fourth-order valence-corrected chi connectivity index (χ4v) is 3.02. The van der Waals surface area contributed by atoms with Crippen LogP contribution in [0.1, 0.15) is 37.9 Å². The van der Waals surface area contributed by atoms with Crippen molar-refractivity contribution in [3.8, 4) is 0 Å². The molecule has 1 unspecified atom stereocenters. The predicted molar refractivity (Wildman–Crippen MR) is 84.7 cm³/mol. The molecule has 1 saturated heterocycles. The normalized spacial score (nSPS) is 22.9. The number of ether oxygens (including phenoxy) is 1. The maximum absolute atomic E-state index is 11.5. The molecule has 2 rings (SSSR count). The summed E-state index contributed by atoms with van der Waals surface area (Å²) in [6.45, 7) is 6.39. The molecule has 1 aromatic rings. The highest BCUT2D eigenvalue weighted by atomic mass is 16.5. The molecular weight excluding hydrogens is 280 g/mol. The maximum atomic E-state index is 11.5. The van der Waals surface area contributed by atoms with Crippen molar-refractivity contribution in [2.24, 2.45) is 5.92 Å². The quantitative estimate of drug-likeness (QED) is 0.874. The molecule has 2 heterocycles. The number of rotatable bonds is 6. The summed E-state index contributed by atoms with van der Waals surface area (Å²) in [5, 5.41) is 9.43. The number of aromatic nitrogens is 1. The van der Waals surface area contributed by atoms with Crippen molar-refractivity contribution < 1.29 is 14.6 Å². The van der Waals surface area contributed by atoms with E-state index in [9.17, 15) is 9.90 Å². The minimum absolute atomic E-state index is 0.423. The van der Waals surface area contributed by atoms with Gasteiger partial charge in [0.25, 0.3) is 0 Å². The molecule has 0 amide bonds. The molecule has 1 N–H and O–H groups in total. The van der Waals surface area contributed by atoms with E-state index in [-0.39, 0.29) is 0 Å². The van der Waals surface area contributed by atoms with Crippen molar-refractivity contribution in [2.75, 3.05) is 20.2 Å². The van der Waals surface area contributed by atoms with Gasteiger partial charge in [-0.2, -0.15) is 0 Å². The van der Waals surface area contributed by atoms with Crippen molar-refractivity contribution in [2.45, 2.75) is 45.3 Å². The number of hydrogen-bond acceptors (Lipinski definition) is 4. The van der Waals surface area contributed by atoms with E-state index in [2.05, 4.69) is 35.9 Å². The topological polar surface area (TPSA) is 62.7 Å². The third-order valence-corrected chi connectivity index (χ3v) is 4.22. The zero-order valence-electron chi connectivity index (χ0n) is 13.7. The van der Waals surface area contributed by atoms with Crippen molar-refractivity contribution in [1.82, 2.24) is 9.88 Å². The Balaban J connectivity index is 1.99. The van der Waals surface area contributed by atoms with E-state index >= 15 is 0 Å². The molecule has 1 fully saturated rings. The number of methoxy groups -OCH3 is 1. The lowest BCUT2D eigenvalue weighted by Gasteiger charge is -2.38. The van der Waals surface area contributed by atoms with Crippen molar-refractivity contribution in [1.29, 1.82) is 0 Å². The van der Waals surface area contributed by atoms with Gasteiger partial charge in [0.1, 0.15) is 0 Å². The molecule has 0 saturated carbocycles. The van der Waals surface area contributed by atoms with Crippen molar-refractivity contribution in [3.63, 3.8) is 0 Å². The summed E-state index contributed by atoms with van der Waals surface area (Å²) in [5.41, 5.74) is 1.16. The highest BCUT2D eigenvalue weighted by Crippen LogP contribution is 2.26. The molecule has 22 heavy (non-hydrogen) atoms. The Morgan fingerprint density at radius 2 is 2.27 bits per heavy atom. The first-order valence-electron chi connectivity index (χ1n) is 7.90. The molecule has 1 aliphatic heterocycles. The van der Waals surface area contributed by atoms with E-state index in [0.717, 1.165) is 30.6 Å². The molecule has 0 bridgehead atoms. The lowest BCUT2D eigenvalue weighted by atomic mass is 9.92. The number of aliphatic carboxylic acids is 1. The van der Waals surface area contributed by atoms with Crippen LogP contribution in [-0.2, 0) is 22.5 Å². The summed E-state index contributed by atoms with van der Waals surface area (Å²) in [4.78, 5) is 18.1. The summed E-state index contributed by atoms with van der Waals surface area (Å²) in [6.07, 6.45) is 4.29. The molecule has 5 heteroatoms. The average molecular weight is 306 g/mol. The van der Waals surface area contributed by atoms with Gasteiger partial charge in [-0.05, 0) is 43.4 Å². The van der Waals surface area contributed by atoms with Crippen LogP contribution in [0.4, 0.5) is 0 Å². The maximum Gasteiger partial charge on any atom is 0.337 e. The summed E-state index contributed by atoms with van der Waals surface area (Å²) in [7, 11) is 1.49. The second-order valence-corrected chi connectivity index (χ2v) is 6.57. The Morgan fingerprint density at radius 1 is 1.50 bits per heavy atom. The Labute approximate surface area is 132 Å². The lowest BCUT2D eigenvalue weighted by Crippen LogP contribution is -2.54. The van der Waals surface area contributed by atoms with Gasteiger partial charge >= 0.3 is 5.97 Å². The van der Waals surface area contributed by atoms with Gasteiger partial charge in [0.05, 0.1) is 0 Å². The molecule has 1 atom stereocenters. The molecule has 0 aliphatic carbocycles. The molecule has 1 aliphatic rings. The summed E-state index contributed by atoms with van der Waals surface area (Å²) >= 11 is 0. The first-order chi connectivity index (χ1) is 10.4. The molecule has 1 aromatic heterocycles. The zero-order chi connectivity index (χ0) is 16.2. The van der Waals surface area contributed by atoms with Crippen LogP contribution in [0.15, 0.2) is 18.3 Å². The van der Waals surface area contributed by atoms with Gasteiger partial charge in [0.2, 0.25) is 0 Å². The SMILES string of the molecule is COC1(C(=O)O)CCCN(Cc2ccc(CC(C)C)nc2)C1. The fraction of sp³-hybridized carbons (Fsp3) is 0.647. The van der Waals surface area contributed by atoms with Gasteiger partial charge in [-0.3, -0.25) is 9.88 Å². The number of nitrogens with zero attached hydrogens (tertiary/aromatic N) is 2. The standard InChI is InChI=1S/C17H26N2O3/c1-13(2)9-15-6-5-14(10-18-15)11-19-8-4-7-17(12-19,22-3)16(20)21/h5-6,10,13H,4,7-9,11-12H2,1-3H3,(H,20,21). The zero-order valence-corrected chi connectivity index (χ0v) is 13.7. The molecule has 0 spiro atoms. The largest absolute Gasteiger partial charge is 0.479 e. The summed E-state index contributed by atoms with van der Waals surface area (Å²) in [5.74, 6) is -0.275. The number of carbonyl (C=O) groups is 1. The lowest BCUT2D eigenvalue weighted by molar-refractivity contribution is -0.169.